The van der Waals surface area contributed by atoms with E-state index in [0.29, 0.717) is 35.6 Å². The summed E-state index contributed by atoms with van der Waals surface area (Å²) in [6, 6.07) is 9.72. The van der Waals surface area contributed by atoms with Crippen LogP contribution in [0.3, 0.4) is 0 Å². The molecule has 2 aliphatic rings. The molecule has 3 aromatic rings. The molecular formula is C24H21FN4O3. The van der Waals surface area contributed by atoms with Gasteiger partial charge in [0.05, 0.1) is 11.3 Å². The summed E-state index contributed by atoms with van der Waals surface area (Å²) in [5.41, 5.74) is 4.06. The Hall–Kier alpha value is -3.81. The van der Waals surface area contributed by atoms with Crippen LogP contribution in [0, 0.1) is 12.7 Å². The van der Waals surface area contributed by atoms with Gasteiger partial charge < -0.3 is 9.47 Å². The van der Waals surface area contributed by atoms with Crippen molar-refractivity contribution in [1.82, 2.24) is 19.8 Å². The zero-order valence-electron chi connectivity index (χ0n) is 17.7. The summed E-state index contributed by atoms with van der Waals surface area (Å²) < 4.78 is 16.3. The number of halogens is 1. The summed E-state index contributed by atoms with van der Waals surface area (Å²) in [5.74, 6) is -0.766. The lowest BCUT2D eigenvalue weighted by molar-refractivity contribution is -0.136. The Morgan fingerprint density at radius 3 is 2.72 bits per heavy atom. The summed E-state index contributed by atoms with van der Waals surface area (Å²) in [7, 11) is 1.82. The summed E-state index contributed by atoms with van der Waals surface area (Å²) in [4.78, 5) is 42.8. The van der Waals surface area contributed by atoms with Gasteiger partial charge in [-0.05, 0) is 42.7 Å². The molecule has 1 aromatic heterocycles. The van der Waals surface area contributed by atoms with Crippen molar-refractivity contribution in [2.75, 3.05) is 0 Å². The van der Waals surface area contributed by atoms with Crippen LogP contribution >= 0.6 is 0 Å². The van der Waals surface area contributed by atoms with Gasteiger partial charge in [-0.2, -0.15) is 0 Å². The van der Waals surface area contributed by atoms with E-state index in [1.807, 2.05) is 38.4 Å². The van der Waals surface area contributed by atoms with Crippen molar-refractivity contribution in [3.63, 3.8) is 0 Å². The number of nitrogens with zero attached hydrogens (tertiary/aromatic N) is 3. The second-order valence-electron chi connectivity index (χ2n) is 8.26. The van der Waals surface area contributed by atoms with Gasteiger partial charge in [0.25, 0.3) is 5.91 Å². The van der Waals surface area contributed by atoms with E-state index in [-0.39, 0.29) is 24.1 Å². The first-order valence-electron chi connectivity index (χ1n) is 10.4. The number of hydrogen-bond acceptors (Lipinski definition) is 4. The SMILES string of the molecule is Cc1cccc(F)c1-c1nc(-c2ccc3c(c2)CN(C2CCC(=O)NC2=O)C3=O)cn1C. The average Bonchev–Trinajstić information content (AvgIpc) is 3.28. The molecule has 0 saturated carbocycles. The Bertz CT molecular complexity index is 1280. The molecule has 2 aliphatic heterocycles. The molecule has 5 rings (SSSR count). The van der Waals surface area contributed by atoms with Crippen LogP contribution in [0.15, 0.2) is 42.6 Å². The van der Waals surface area contributed by atoms with E-state index in [2.05, 4.69) is 10.3 Å². The Kier molecular flexibility index (Phi) is 4.65. The quantitative estimate of drug-likeness (QED) is 0.645. The zero-order chi connectivity index (χ0) is 22.6. The number of imide groups is 1. The summed E-state index contributed by atoms with van der Waals surface area (Å²) >= 11 is 0. The largest absolute Gasteiger partial charge is 0.333 e. The number of imidazole rings is 1. The fourth-order valence-corrected chi connectivity index (χ4v) is 4.49. The van der Waals surface area contributed by atoms with Crippen molar-refractivity contribution in [2.45, 2.75) is 32.4 Å². The van der Waals surface area contributed by atoms with Gasteiger partial charge in [0.1, 0.15) is 17.7 Å². The molecule has 0 aliphatic carbocycles. The molecule has 162 valence electrons. The van der Waals surface area contributed by atoms with Crippen LogP contribution in [-0.4, -0.2) is 38.2 Å². The Morgan fingerprint density at radius 1 is 1.16 bits per heavy atom. The van der Waals surface area contributed by atoms with Crippen molar-refractivity contribution in [1.29, 1.82) is 0 Å². The standard InChI is InChI=1S/C24H21FN4O3/c1-13-4-3-5-17(25)21(13)22-26-18(12-28(22)2)14-6-7-16-15(10-14)11-29(24(16)32)19-8-9-20(30)27-23(19)31/h3-7,10,12,19H,8-9,11H2,1-2H3,(H,27,30,31). The summed E-state index contributed by atoms with van der Waals surface area (Å²) in [5, 5.41) is 2.31. The van der Waals surface area contributed by atoms with Crippen molar-refractivity contribution in [2.24, 2.45) is 7.05 Å². The molecule has 0 bridgehead atoms. The first-order valence-corrected chi connectivity index (χ1v) is 10.4. The second kappa shape index (κ2) is 7.40. The van der Waals surface area contributed by atoms with E-state index in [1.54, 1.807) is 16.7 Å². The fraction of sp³-hybridized carbons (Fsp3) is 0.250. The molecule has 0 spiro atoms. The minimum Gasteiger partial charge on any atom is -0.333 e. The Balaban J connectivity index is 1.46. The maximum absolute atomic E-state index is 14.5. The van der Waals surface area contributed by atoms with Crippen molar-refractivity contribution in [3.8, 4) is 22.6 Å². The van der Waals surface area contributed by atoms with Crippen LogP contribution in [0.1, 0.15) is 34.3 Å². The highest BCUT2D eigenvalue weighted by Gasteiger charge is 2.39. The smallest absolute Gasteiger partial charge is 0.255 e. The number of fused-ring (bicyclic) bond motifs is 1. The van der Waals surface area contributed by atoms with Crippen molar-refractivity contribution in [3.05, 3.63) is 65.1 Å². The summed E-state index contributed by atoms with van der Waals surface area (Å²) in [6.45, 7) is 2.14. The van der Waals surface area contributed by atoms with E-state index in [0.717, 1.165) is 16.7 Å². The fourth-order valence-electron chi connectivity index (χ4n) is 4.49. The van der Waals surface area contributed by atoms with Crippen LogP contribution in [-0.2, 0) is 23.2 Å². The molecule has 1 fully saturated rings. The number of benzene rings is 2. The van der Waals surface area contributed by atoms with Gasteiger partial charge >= 0.3 is 0 Å². The van der Waals surface area contributed by atoms with Crippen LogP contribution in [0.4, 0.5) is 4.39 Å². The number of piperidine rings is 1. The van der Waals surface area contributed by atoms with Gasteiger partial charge in [-0.3, -0.25) is 19.7 Å². The zero-order valence-corrected chi connectivity index (χ0v) is 17.7. The highest BCUT2D eigenvalue weighted by molar-refractivity contribution is 6.05. The maximum atomic E-state index is 14.5. The molecule has 32 heavy (non-hydrogen) atoms. The third kappa shape index (κ3) is 3.19. The number of nitrogens with one attached hydrogen (secondary N) is 1. The first kappa shape index (κ1) is 20.1. The number of hydrogen-bond donors (Lipinski definition) is 1. The molecule has 0 radical (unpaired) electrons. The van der Waals surface area contributed by atoms with Gasteiger partial charge in [0, 0.05) is 37.3 Å². The Labute approximate surface area is 183 Å². The minimum absolute atomic E-state index is 0.216. The van der Waals surface area contributed by atoms with E-state index < -0.39 is 11.9 Å². The first-order chi connectivity index (χ1) is 15.3. The van der Waals surface area contributed by atoms with Crippen LogP contribution in [0.2, 0.25) is 0 Å². The Morgan fingerprint density at radius 2 is 1.97 bits per heavy atom. The molecule has 1 saturated heterocycles. The van der Waals surface area contributed by atoms with Crippen molar-refractivity contribution >= 4 is 17.7 Å². The monoisotopic (exact) mass is 432 g/mol. The second-order valence-corrected chi connectivity index (χ2v) is 8.26. The molecule has 8 heteroatoms. The molecule has 1 N–H and O–H groups in total. The van der Waals surface area contributed by atoms with E-state index >= 15 is 0 Å². The van der Waals surface area contributed by atoms with Gasteiger partial charge in [0.15, 0.2) is 0 Å². The summed E-state index contributed by atoms with van der Waals surface area (Å²) in [6.07, 6.45) is 2.37. The number of aryl methyl sites for hydroxylation is 2. The normalized spacial score (nSPS) is 18.2. The average molecular weight is 432 g/mol. The molecule has 2 aromatic carbocycles. The highest BCUT2D eigenvalue weighted by atomic mass is 19.1. The maximum Gasteiger partial charge on any atom is 0.255 e. The van der Waals surface area contributed by atoms with E-state index in [9.17, 15) is 18.8 Å². The molecule has 3 amide bonds. The predicted octanol–water partition coefficient (Wildman–Crippen LogP) is 2.96. The number of carbonyl (C=O) groups excluding carboxylic acids is 3. The van der Waals surface area contributed by atoms with Crippen LogP contribution < -0.4 is 5.32 Å². The topological polar surface area (TPSA) is 84.3 Å². The third-order valence-electron chi connectivity index (χ3n) is 6.14. The van der Waals surface area contributed by atoms with E-state index in [1.165, 1.54) is 11.0 Å². The number of amides is 3. The van der Waals surface area contributed by atoms with Gasteiger partial charge in [-0.1, -0.05) is 18.2 Å². The lowest BCUT2D eigenvalue weighted by Gasteiger charge is -2.29. The number of rotatable bonds is 3. The highest BCUT2D eigenvalue weighted by Crippen LogP contribution is 2.33. The predicted molar refractivity (Wildman–Crippen MR) is 115 cm³/mol. The van der Waals surface area contributed by atoms with Gasteiger partial charge in [-0.25, -0.2) is 9.37 Å². The molecule has 7 nitrogen and oxygen atoms in total. The van der Waals surface area contributed by atoms with Gasteiger partial charge in [-0.15, -0.1) is 0 Å². The van der Waals surface area contributed by atoms with Crippen LogP contribution in [0.25, 0.3) is 22.6 Å². The molecular weight excluding hydrogens is 411 g/mol. The van der Waals surface area contributed by atoms with Crippen molar-refractivity contribution < 1.29 is 18.8 Å². The molecule has 3 heterocycles. The number of aromatic nitrogens is 2. The molecule has 1 atom stereocenters. The minimum atomic E-state index is -0.651. The number of carbonyl (C=O) groups is 3. The lowest BCUT2D eigenvalue weighted by atomic mass is 10.0. The van der Waals surface area contributed by atoms with E-state index in [4.69, 9.17) is 0 Å². The van der Waals surface area contributed by atoms with Gasteiger partial charge in [0.2, 0.25) is 11.8 Å². The van der Waals surface area contributed by atoms with Crippen LogP contribution in [0.5, 0.6) is 0 Å². The lowest BCUT2D eigenvalue weighted by Crippen LogP contribution is -2.52. The third-order valence-corrected chi connectivity index (χ3v) is 6.14. The molecule has 1 unspecified atom stereocenters.